The third-order valence-electron chi connectivity index (χ3n) is 6.49. The summed E-state index contributed by atoms with van der Waals surface area (Å²) >= 11 is 0. The molecule has 3 aromatic rings. The SMILES string of the molecule is CCN(CC)CCn1c2ccccc2c2c3c(c4c(c21)CCC4)C(=O)NC3=O. The van der Waals surface area contributed by atoms with E-state index in [0.29, 0.717) is 11.1 Å². The largest absolute Gasteiger partial charge is 0.339 e. The van der Waals surface area contributed by atoms with Gasteiger partial charge in [0.15, 0.2) is 0 Å². The Morgan fingerprint density at radius 2 is 1.71 bits per heavy atom. The van der Waals surface area contributed by atoms with E-state index < -0.39 is 0 Å². The van der Waals surface area contributed by atoms with Crippen LogP contribution in [0.5, 0.6) is 0 Å². The number of carbonyl (C=O) groups is 2. The number of likely N-dealkylation sites (N-methyl/N-ethyl adjacent to an activating group) is 1. The van der Waals surface area contributed by atoms with E-state index in [9.17, 15) is 9.59 Å². The Morgan fingerprint density at radius 3 is 2.50 bits per heavy atom. The highest BCUT2D eigenvalue weighted by Gasteiger charge is 2.37. The maximum atomic E-state index is 12.8. The van der Waals surface area contributed by atoms with Gasteiger partial charge in [0.2, 0.25) is 0 Å². The van der Waals surface area contributed by atoms with Crippen molar-refractivity contribution in [1.29, 1.82) is 0 Å². The minimum atomic E-state index is -0.244. The van der Waals surface area contributed by atoms with Crippen molar-refractivity contribution in [3.63, 3.8) is 0 Å². The van der Waals surface area contributed by atoms with Crippen molar-refractivity contribution in [1.82, 2.24) is 14.8 Å². The van der Waals surface area contributed by atoms with Gasteiger partial charge in [-0.05, 0) is 49.5 Å². The number of nitrogens with one attached hydrogen (secondary N) is 1. The van der Waals surface area contributed by atoms with Crippen LogP contribution in [0.4, 0.5) is 0 Å². The first-order valence-corrected chi connectivity index (χ1v) is 10.3. The zero-order valence-electron chi connectivity index (χ0n) is 16.5. The average Bonchev–Trinajstić information content (AvgIpc) is 3.37. The molecule has 144 valence electrons. The molecule has 2 heterocycles. The van der Waals surface area contributed by atoms with E-state index >= 15 is 0 Å². The molecule has 2 aliphatic rings. The second-order valence-electron chi connectivity index (χ2n) is 7.76. The molecule has 0 atom stereocenters. The Labute approximate surface area is 164 Å². The molecular weight excluding hydrogens is 350 g/mol. The van der Waals surface area contributed by atoms with E-state index in [0.717, 1.165) is 67.3 Å². The van der Waals surface area contributed by atoms with Gasteiger partial charge in [-0.25, -0.2) is 0 Å². The Hall–Kier alpha value is -2.66. The molecule has 1 aliphatic carbocycles. The number of fused-ring (bicyclic) bond motifs is 8. The number of rotatable bonds is 5. The lowest BCUT2D eigenvalue weighted by Gasteiger charge is -2.20. The van der Waals surface area contributed by atoms with E-state index in [1.165, 1.54) is 11.1 Å². The second-order valence-corrected chi connectivity index (χ2v) is 7.76. The predicted octanol–water partition coefficient (Wildman–Crippen LogP) is 3.51. The van der Waals surface area contributed by atoms with Gasteiger partial charge in [0.25, 0.3) is 11.8 Å². The smallest absolute Gasteiger partial charge is 0.259 e. The first-order chi connectivity index (χ1) is 13.7. The summed E-state index contributed by atoms with van der Waals surface area (Å²) in [5.41, 5.74) is 5.92. The van der Waals surface area contributed by atoms with Gasteiger partial charge in [-0.3, -0.25) is 14.9 Å². The van der Waals surface area contributed by atoms with Crippen molar-refractivity contribution in [3.05, 3.63) is 46.5 Å². The molecule has 5 rings (SSSR count). The minimum Gasteiger partial charge on any atom is -0.339 e. The highest BCUT2D eigenvalue weighted by Crippen LogP contribution is 2.42. The van der Waals surface area contributed by atoms with Crippen molar-refractivity contribution >= 4 is 33.6 Å². The minimum absolute atomic E-state index is 0.222. The lowest BCUT2D eigenvalue weighted by molar-refractivity contribution is 0.0880. The van der Waals surface area contributed by atoms with Crippen molar-refractivity contribution in [2.45, 2.75) is 39.7 Å². The number of hydrogen-bond acceptors (Lipinski definition) is 3. The first-order valence-electron chi connectivity index (χ1n) is 10.3. The maximum absolute atomic E-state index is 12.8. The predicted molar refractivity (Wildman–Crippen MR) is 111 cm³/mol. The van der Waals surface area contributed by atoms with Crippen LogP contribution in [0.1, 0.15) is 52.1 Å². The molecule has 5 heteroatoms. The van der Waals surface area contributed by atoms with Crippen LogP contribution >= 0.6 is 0 Å². The van der Waals surface area contributed by atoms with Gasteiger partial charge >= 0.3 is 0 Å². The monoisotopic (exact) mass is 375 g/mol. The van der Waals surface area contributed by atoms with Gasteiger partial charge < -0.3 is 9.47 Å². The summed E-state index contributed by atoms with van der Waals surface area (Å²) in [6.45, 7) is 8.28. The molecule has 2 aromatic carbocycles. The molecule has 1 N–H and O–H groups in total. The number of imide groups is 1. The summed E-state index contributed by atoms with van der Waals surface area (Å²) in [4.78, 5) is 27.7. The first kappa shape index (κ1) is 17.4. The molecule has 2 amide bonds. The fourth-order valence-electron chi connectivity index (χ4n) is 5.15. The quantitative estimate of drug-likeness (QED) is 0.695. The van der Waals surface area contributed by atoms with Gasteiger partial charge in [0.05, 0.1) is 16.6 Å². The molecule has 0 fully saturated rings. The van der Waals surface area contributed by atoms with Crippen LogP contribution in [0.25, 0.3) is 21.8 Å². The highest BCUT2D eigenvalue weighted by molar-refractivity contribution is 6.31. The van der Waals surface area contributed by atoms with Crippen molar-refractivity contribution in [3.8, 4) is 0 Å². The van der Waals surface area contributed by atoms with E-state index in [-0.39, 0.29) is 11.8 Å². The standard InChI is InChI=1S/C23H25N3O2/c1-3-25(4-2)12-13-26-17-11-6-5-8-16(17)18-20-19(22(27)24-23(20)28)14-9-7-10-15(14)21(18)26/h5-6,8,11H,3-4,7,9-10,12-13H2,1-2H3,(H,24,27,28). The highest BCUT2D eigenvalue weighted by atomic mass is 16.2. The van der Waals surface area contributed by atoms with Crippen LogP contribution in [0, 0.1) is 0 Å². The third-order valence-corrected chi connectivity index (χ3v) is 6.49. The number of carbonyl (C=O) groups excluding carboxylic acids is 2. The number of amides is 2. The van der Waals surface area contributed by atoms with Gasteiger partial charge in [-0.1, -0.05) is 32.0 Å². The summed E-state index contributed by atoms with van der Waals surface area (Å²) in [6.07, 6.45) is 2.90. The van der Waals surface area contributed by atoms with Gasteiger partial charge in [-0.15, -0.1) is 0 Å². The van der Waals surface area contributed by atoms with E-state index in [1.807, 2.05) is 6.07 Å². The van der Waals surface area contributed by atoms with Crippen LogP contribution in [-0.4, -0.2) is 40.9 Å². The summed E-state index contributed by atoms with van der Waals surface area (Å²) in [6, 6.07) is 8.30. The molecule has 5 nitrogen and oxygen atoms in total. The Morgan fingerprint density at radius 1 is 1.00 bits per heavy atom. The fourth-order valence-corrected chi connectivity index (χ4v) is 5.15. The summed E-state index contributed by atoms with van der Waals surface area (Å²) in [5, 5.41) is 4.59. The number of para-hydroxylation sites is 1. The topological polar surface area (TPSA) is 54.3 Å². The number of benzene rings is 2. The van der Waals surface area contributed by atoms with Crippen LogP contribution < -0.4 is 5.32 Å². The fraction of sp³-hybridized carbons (Fsp3) is 0.391. The molecule has 0 unspecified atom stereocenters. The maximum Gasteiger partial charge on any atom is 0.259 e. The molecule has 1 aliphatic heterocycles. The van der Waals surface area contributed by atoms with E-state index in [1.54, 1.807) is 0 Å². The Kier molecular flexibility index (Phi) is 4.02. The molecule has 0 saturated carbocycles. The van der Waals surface area contributed by atoms with Crippen molar-refractivity contribution in [2.75, 3.05) is 19.6 Å². The number of nitrogens with zero attached hydrogens (tertiary/aromatic N) is 2. The molecule has 28 heavy (non-hydrogen) atoms. The van der Waals surface area contributed by atoms with Gasteiger partial charge in [0.1, 0.15) is 0 Å². The number of aromatic nitrogens is 1. The van der Waals surface area contributed by atoms with Crippen LogP contribution in [-0.2, 0) is 19.4 Å². The summed E-state index contributed by atoms with van der Waals surface area (Å²) in [5.74, 6) is -0.466. The second kappa shape index (κ2) is 6.45. The average molecular weight is 375 g/mol. The normalized spacial score (nSPS) is 15.7. The zero-order valence-corrected chi connectivity index (χ0v) is 16.5. The van der Waals surface area contributed by atoms with E-state index in [2.05, 4.69) is 46.8 Å². The Balaban J connectivity index is 1.85. The number of aryl methyl sites for hydroxylation is 1. The van der Waals surface area contributed by atoms with Crippen LogP contribution in [0.2, 0.25) is 0 Å². The molecule has 1 aromatic heterocycles. The lowest BCUT2D eigenvalue weighted by atomic mass is 9.93. The third kappa shape index (κ3) is 2.29. The molecule has 0 saturated heterocycles. The molecule has 0 radical (unpaired) electrons. The van der Waals surface area contributed by atoms with E-state index in [4.69, 9.17) is 0 Å². The molecular formula is C23H25N3O2. The number of hydrogen-bond donors (Lipinski definition) is 1. The van der Waals surface area contributed by atoms with Crippen LogP contribution in [0.3, 0.4) is 0 Å². The van der Waals surface area contributed by atoms with Crippen LogP contribution in [0.15, 0.2) is 24.3 Å². The zero-order chi connectivity index (χ0) is 19.4. The molecule has 0 bridgehead atoms. The summed E-state index contributed by atoms with van der Waals surface area (Å²) < 4.78 is 2.39. The van der Waals surface area contributed by atoms with Gasteiger partial charge in [-0.2, -0.15) is 0 Å². The molecule has 0 spiro atoms. The van der Waals surface area contributed by atoms with Crippen molar-refractivity contribution < 1.29 is 9.59 Å². The van der Waals surface area contributed by atoms with Gasteiger partial charge in [0, 0.05) is 29.4 Å². The van der Waals surface area contributed by atoms with Crippen molar-refractivity contribution in [2.24, 2.45) is 0 Å². The Bertz CT molecular complexity index is 1140. The summed E-state index contributed by atoms with van der Waals surface area (Å²) in [7, 11) is 0. The lowest BCUT2D eigenvalue weighted by Crippen LogP contribution is -2.27.